The van der Waals surface area contributed by atoms with E-state index in [1.165, 1.54) is 0 Å². The summed E-state index contributed by atoms with van der Waals surface area (Å²) in [5.41, 5.74) is 3.21. The third-order valence-corrected chi connectivity index (χ3v) is 4.47. The molecule has 0 aliphatic carbocycles. The van der Waals surface area contributed by atoms with Crippen LogP contribution in [0.2, 0.25) is 0 Å². The number of para-hydroxylation sites is 2. The number of carbonyl (C=O) groups excluding carboxylic acids is 1. The van der Waals surface area contributed by atoms with Gasteiger partial charge in [-0.3, -0.25) is 4.79 Å². The first kappa shape index (κ1) is 19.5. The van der Waals surface area contributed by atoms with Crippen molar-refractivity contribution in [2.75, 3.05) is 20.3 Å². The van der Waals surface area contributed by atoms with E-state index in [1.807, 2.05) is 78.9 Å². The van der Waals surface area contributed by atoms with Crippen LogP contribution in [-0.2, 0) is 11.2 Å². The van der Waals surface area contributed by atoms with Crippen LogP contribution < -0.4 is 14.8 Å². The van der Waals surface area contributed by atoms with Gasteiger partial charge in [-0.15, -0.1) is 0 Å². The molecule has 0 saturated carbocycles. The maximum Gasteiger partial charge on any atom is 0.223 e. The second-order valence-corrected chi connectivity index (χ2v) is 6.37. The smallest absolute Gasteiger partial charge is 0.223 e. The number of hydrogen-bond donors (Lipinski definition) is 1. The number of methoxy groups -OCH3 is 1. The number of benzene rings is 3. The molecule has 0 fully saturated rings. The van der Waals surface area contributed by atoms with Crippen molar-refractivity contribution in [1.82, 2.24) is 5.32 Å². The van der Waals surface area contributed by atoms with Crippen LogP contribution in [0.15, 0.2) is 78.9 Å². The van der Waals surface area contributed by atoms with E-state index in [0.29, 0.717) is 19.6 Å². The average Bonchev–Trinajstić information content (AvgIpc) is 2.75. The van der Waals surface area contributed by atoms with Crippen LogP contribution in [0.5, 0.6) is 11.5 Å². The van der Waals surface area contributed by atoms with E-state index >= 15 is 0 Å². The monoisotopic (exact) mass is 375 g/mol. The highest BCUT2D eigenvalue weighted by atomic mass is 16.5. The van der Waals surface area contributed by atoms with E-state index in [0.717, 1.165) is 34.6 Å². The summed E-state index contributed by atoms with van der Waals surface area (Å²) >= 11 is 0. The molecule has 1 N–H and O–H groups in total. The van der Waals surface area contributed by atoms with Crippen molar-refractivity contribution in [1.29, 1.82) is 0 Å². The quantitative estimate of drug-likeness (QED) is 0.599. The van der Waals surface area contributed by atoms with Crippen LogP contribution >= 0.6 is 0 Å². The molecule has 3 rings (SSSR count). The van der Waals surface area contributed by atoms with E-state index in [9.17, 15) is 4.79 Å². The topological polar surface area (TPSA) is 47.6 Å². The van der Waals surface area contributed by atoms with Crippen LogP contribution in [-0.4, -0.2) is 26.2 Å². The number of hydrogen-bond acceptors (Lipinski definition) is 3. The van der Waals surface area contributed by atoms with E-state index in [-0.39, 0.29) is 5.91 Å². The number of ether oxygens (including phenoxy) is 2. The number of carbonyl (C=O) groups is 1. The minimum absolute atomic E-state index is 0.0212. The normalized spacial score (nSPS) is 10.3. The summed E-state index contributed by atoms with van der Waals surface area (Å²) in [7, 11) is 1.65. The maximum atomic E-state index is 12.1. The van der Waals surface area contributed by atoms with E-state index in [1.54, 1.807) is 7.11 Å². The Balaban J connectivity index is 1.46. The second kappa shape index (κ2) is 10.2. The largest absolute Gasteiger partial charge is 0.496 e. The minimum Gasteiger partial charge on any atom is -0.496 e. The second-order valence-electron chi connectivity index (χ2n) is 6.37. The molecule has 4 nitrogen and oxygen atoms in total. The van der Waals surface area contributed by atoms with Crippen LogP contribution in [0, 0.1) is 0 Å². The van der Waals surface area contributed by atoms with Gasteiger partial charge in [-0.2, -0.15) is 0 Å². The molecule has 28 heavy (non-hydrogen) atoms. The zero-order valence-corrected chi connectivity index (χ0v) is 16.1. The Kier molecular flexibility index (Phi) is 7.08. The fourth-order valence-electron chi connectivity index (χ4n) is 3.04. The van der Waals surface area contributed by atoms with Crippen molar-refractivity contribution >= 4 is 5.91 Å². The molecule has 4 heteroatoms. The Morgan fingerprint density at radius 1 is 0.857 bits per heavy atom. The van der Waals surface area contributed by atoms with Crippen LogP contribution in [0.25, 0.3) is 11.1 Å². The molecule has 0 aliphatic heterocycles. The van der Waals surface area contributed by atoms with Crippen LogP contribution in [0.1, 0.15) is 12.0 Å². The molecular formula is C24H25NO3. The molecule has 0 bridgehead atoms. The zero-order chi connectivity index (χ0) is 19.6. The zero-order valence-electron chi connectivity index (χ0n) is 16.1. The fourth-order valence-corrected chi connectivity index (χ4v) is 3.04. The van der Waals surface area contributed by atoms with Gasteiger partial charge in [-0.05, 0) is 29.7 Å². The Labute approximate surface area is 166 Å². The molecular weight excluding hydrogens is 350 g/mol. The Morgan fingerprint density at radius 2 is 1.54 bits per heavy atom. The highest BCUT2D eigenvalue weighted by Crippen LogP contribution is 2.29. The Bertz CT molecular complexity index is 893. The van der Waals surface area contributed by atoms with Gasteiger partial charge in [0.1, 0.15) is 11.5 Å². The molecule has 3 aromatic rings. The lowest BCUT2D eigenvalue weighted by molar-refractivity contribution is -0.121. The summed E-state index contributed by atoms with van der Waals surface area (Å²) in [6.07, 6.45) is 1.04. The van der Waals surface area contributed by atoms with Crippen molar-refractivity contribution in [3.8, 4) is 22.6 Å². The first-order chi connectivity index (χ1) is 13.8. The lowest BCUT2D eigenvalue weighted by Crippen LogP contribution is -2.27. The summed E-state index contributed by atoms with van der Waals surface area (Å²) in [5, 5.41) is 2.94. The van der Waals surface area contributed by atoms with Gasteiger partial charge in [0.05, 0.1) is 20.1 Å². The number of rotatable bonds is 9. The fraction of sp³-hybridized carbons (Fsp3) is 0.208. The summed E-state index contributed by atoms with van der Waals surface area (Å²) in [6.45, 7) is 0.907. The maximum absolute atomic E-state index is 12.1. The number of nitrogens with one attached hydrogen (secondary N) is 1. The summed E-state index contributed by atoms with van der Waals surface area (Å²) < 4.78 is 11.2. The van der Waals surface area contributed by atoms with Crippen LogP contribution in [0.3, 0.4) is 0 Å². The third-order valence-electron chi connectivity index (χ3n) is 4.47. The standard InChI is InChI=1S/C24H25NO3/c1-27-22-13-7-5-11-20(22)15-17-25-24(26)16-18-28-23-14-8-6-12-21(23)19-9-3-2-4-10-19/h2-14H,15-18H2,1H3,(H,25,26). The van der Waals surface area contributed by atoms with Crippen molar-refractivity contribution in [2.45, 2.75) is 12.8 Å². The lowest BCUT2D eigenvalue weighted by Gasteiger charge is -2.12. The van der Waals surface area contributed by atoms with Gasteiger partial charge in [-0.1, -0.05) is 66.7 Å². The molecule has 1 amide bonds. The number of amides is 1. The van der Waals surface area contributed by atoms with E-state index in [2.05, 4.69) is 5.32 Å². The van der Waals surface area contributed by atoms with Gasteiger partial charge in [0, 0.05) is 12.1 Å². The van der Waals surface area contributed by atoms with Gasteiger partial charge in [0.15, 0.2) is 0 Å². The predicted molar refractivity (Wildman–Crippen MR) is 112 cm³/mol. The predicted octanol–water partition coefficient (Wildman–Crippen LogP) is 4.49. The molecule has 144 valence electrons. The highest BCUT2D eigenvalue weighted by Gasteiger charge is 2.07. The molecule has 0 aliphatic rings. The van der Waals surface area contributed by atoms with Crippen molar-refractivity contribution in [3.63, 3.8) is 0 Å². The van der Waals surface area contributed by atoms with Crippen molar-refractivity contribution in [3.05, 3.63) is 84.4 Å². The Hall–Kier alpha value is -3.27. The van der Waals surface area contributed by atoms with Gasteiger partial charge in [-0.25, -0.2) is 0 Å². The minimum atomic E-state index is -0.0212. The lowest BCUT2D eigenvalue weighted by atomic mass is 10.1. The third kappa shape index (κ3) is 5.36. The summed E-state index contributed by atoms with van der Waals surface area (Å²) in [5.74, 6) is 1.61. The van der Waals surface area contributed by atoms with E-state index in [4.69, 9.17) is 9.47 Å². The Morgan fingerprint density at radius 3 is 2.32 bits per heavy atom. The SMILES string of the molecule is COc1ccccc1CCNC(=O)CCOc1ccccc1-c1ccccc1. The van der Waals surface area contributed by atoms with Crippen molar-refractivity contribution in [2.24, 2.45) is 0 Å². The molecule has 0 unspecified atom stereocenters. The molecule has 0 heterocycles. The molecule has 0 saturated heterocycles. The first-order valence-electron chi connectivity index (χ1n) is 9.44. The summed E-state index contributed by atoms with van der Waals surface area (Å²) in [4.78, 5) is 12.1. The van der Waals surface area contributed by atoms with Gasteiger partial charge in [0.25, 0.3) is 0 Å². The van der Waals surface area contributed by atoms with Crippen LogP contribution in [0.4, 0.5) is 0 Å². The van der Waals surface area contributed by atoms with Gasteiger partial charge < -0.3 is 14.8 Å². The molecule has 0 atom stereocenters. The van der Waals surface area contributed by atoms with Crippen molar-refractivity contribution < 1.29 is 14.3 Å². The molecule has 3 aromatic carbocycles. The molecule has 0 radical (unpaired) electrons. The average molecular weight is 375 g/mol. The van der Waals surface area contributed by atoms with Gasteiger partial charge in [0.2, 0.25) is 5.91 Å². The molecule has 0 aromatic heterocycles. The first-order valence-corrected chi connectivity index (χ1v) is 9.44. The highest BCUT2D eigenvalue weighted by molar-refractivity contribution is 5.76. The van der Waals surface area contributed by atoms with E-state index < -0.39 is 0 Å². The summed E-state index contributed by atoms with van der Waals surface area (Å²) in [6, 6.07) is 25.8. The van der Waals surface area contributed by atoms with Gasteiger partial charge >= 0.3 is 0 Å². The molecule has 0 spiro atoms.